The Labute approximate surface area is 168 Å². The lowest BCUT2D eigenvalue weighted by atomic mass is 10.3. The van der Waals surface area contributed by atoms with E-state index in [2.05, 4.69) is 15.2 Å². The molecular weight excluding hydrogens is 379 g/mol. The number of amides is 1. The van der Waals surface area contributed by atoms with E-state index >= 15 is 0 Å². The Morgan fingerprint density at radius 3 is 2.50 bits per heavy atom. The first-order valence-electron chi connectivity index (χ1n) is 9.75. The van der Waals surface area contributed by atoms with E-state index in [1.165, 1.54) is 50.2 Å². The van der Waals surface area contributed by atoms with Gasteiger partial charge in [-0.1, -0.05) is 0 Å². The normalized spacial score (nSPS) is 17.9. The minimum atomic E-state index is -0.319. The molecule has 0 unspecified atom stereocenters. The lowest BCUT2D eigenvalue weighted by Crippen LogP contribution is -2.50. The van der Waals surface area contributed by atoms with E-state index in [1.807, 2.05) is 4.90 Å². The predicted octanol–water partition coefficient (Wildman–Crippen LogP) is 2.61. The summed E-state index contributed by atoms with van der Waals surface area (Å²) in [6.45, 7) is 6.14. The van der Waals surface area contributed by atoms with Gasteiger partial charge >= 0.3 is 0 Å². The van der Waals surface area contributed by atoms with Crippen molar-refractivity contribution in [2.24, 2.45) is 0 Å². The van der Waals surface area contributed by atoms with Crippen LogP contribution in [0.15, 0.2) is 29.6 Å². The molecule has 2 aromatic rings. The van der Waals surface area contributed by atoms with Gasteiger partial charge < -0.3 is 14.5 Å². The standard InChI is InChI=1S/C20H25FN4O2S/c21-16-3-5-18(6-4-16)27-14-19(26)24-9-11-25(12-10-24)20-22-17(15-28-20)13-23-7-1-2-8-23/h3-6,15H,1-2,7-14H2. The maximum Gasteiger partial charge on any atom is 0.260 e. The second-order valence-electron chi connectivity index (χ2n) is 7.22. The van der Waals surface area contributed by atoms with Gasteiger partial charge in [-0.25, -0.2) is 9.37 Å². The second kappa shape index (κ2) is 8.87. The quantitative estimate of drug-likeness (QED) is 0.741. The third-order valence-electron chi connectivity index (χ3n) is 5.20. The van der Waals surface area contributed by atoms with Gasteiger partial charge in [0.1, 0.15) is 11.6 Å². The summed E-state index contributed by atoms with van der Waals surface area (Å²) < 4.78 is 18.4. The first kappa shape index (κ1) is 19.1. The third kappa shape index (κ3) is 4.80. The average Bonchev–Trinajstić information content (AvgIpc) is 3.40. The Kier molecular flexibility index (Phi) is 6.07. The molecule has 0 N–H and O–H groups in total. The highest BCUT2D eigenvalue weighted by atomic mass is 32.1. The van der Waals surface area contributed by atoms with Gasteiger partial charge in [0.05, 0.1) is 5.69 Å². The Morgan fingerprint density at radius 1 is 1.07 bits per heavy atom. The summed E-state index contributed by atoms with van der Waals surface area (Å²) in [6.07, 6.45) is 2.58. The minimum absolute atomic E-state index is 0.0249. The van der Waals surface area contributed by atoms with Crippen LogP contribution in [0, 0.1) is 5.82 Å². The van der Waals surface area contributed by atoms with E-state index in [0.29, 0.717) is 18.8 Å². The van der Waals surface area contributed by atoms with Crippen LogP contribution in [0.4, 0.5) is 9.52 Å². The number of piperazine rings is 1. The Morgan fingerprint density at radius 2 is 1.79 bits per heavy atom. The molecule has 2 saturated heterocycles. The van der Waals surface area contributed by atoms with Crippen LogP contribution in [0.25, 0.3) is 0 Å². The first-order chi connectivity index (χ1) is 13.7. The molecule has 1 aromatic carbocycles. The molecule has 8 heteroatoms. The molecule has 2 aliphatic heterocycles. The largest absolute Gasteiger partial charge is 0.484 e. The molecule has 0 aliphatic carbocycles. The molecule has 0 saturated carbocycles. The third-order valence-corrected chi connectivity index (χ3v) is 6.15. The number of nitrogens with zero attached hydrogens (tertiary/aromatic N) is 4. The number of carbonyl (C=O) groups is 1. The van der Waals surface area contributed by atoms with Crippen molar-refractivity contribution in [3.63, 3.8) is 0 Å². The fourth-order valence-corrected chi connectivity index (χ4v) is 4.47. The Hall–Kier alpha value is -2.19. The van der Waals surface area contributed by atoms with Crippen molar-refractivity contribution in [3.8, 4) is 5.75 Å². The molecule has 2 fully saturated rings. The highest BCUT2D eigenvalue weighted by Crippen LogP contribution is 2.23. The van der Waals surface area contributed by atoms with E-state index in [0.717, 1.165) is 30.5 Å². The van der Waals surface area contributed by atoms with Crippen molar-refractivity contribution in [3.05, 3.63) is 41.2 Å². The molecule has 28 heavy (non-hydrogen) atoms. The van der Waals surface area contributed by atoms with Crippen molar-refractivity contribution < 1.29 is 13.9 Å². The zero-order valence-corrected chi connectivity index (χ0v) is 16.7. The number of thiazole rings is 1. The molecule has 0 spiro atoms. The molecule has 1 aromatic heterocycles. The summed E-state index contributed by atoms with van der Waals surface area (Å²) in [4.78, 5) is 23.7. The van der Waals surface area contributed by atoms with Gasteiger partial charge in [0.15, 0.2) is 11.7 Å². The fraction of sp³-hybridized carbons (Fsp3) is 0.500. The Bertz CT molecular complexity index is 784. The van der Waals surface area contributed by atoms with Crippen LogP contribution in [0.1, 0.15) is 18.5 Å². The van der Waals surface area contributed by atoms with E-state index in [1.54, 1.807) is 11.3 Å². The Balaban J connectivity index is 1.23. The number of ether oxygens (including phenoxy) is 1. The maximum absolute atomic E-state index is 12.9. The van der Waals surface area contributed by atoms with Gasteiger partial charge in [-0.05, 0) is 50.2 Å². The van der Waals surface area contributed by atoms with E-state index in [4.69, 9.17) is 9.72 Å². The highest BCUT2D eigenvalue weighted by Gasteiger charge is 2.23. The summed E-state index contributed by atoms with van der Waals surface area (Å²) >= 11 is 1.69. The van der Waals surface area contributed by atoms with Crippen LogP contribution in [0.3, 0.4) is 0 Å². The lowest BCUT2D eigenvalue weighted by molar-refractivity contribution is -0.133. The van der Waals surface area contributed by atoms with Gasteiger partial charge in [-0.3, -0.25) is 9.69 Å². The molecule has 4 rings (SSSR count). The van der Waals surface area contributed by atoms with Crippen molar-refractivity contribution in [2.75, 3.05) is 50.8 Å². The van der Waals surface area contributed by atoms with Gasteiger partial charge in [-0.15, -0.1) is 11.3 Å². The number of anilines is 1. The predicted molar refractivity (Wildman–Crippen MR) is 107 cm³/mol. The van der Waals surface area contributed by atoms with Crippen LogP contribution in [0.2, 0.25) is 0 Å². The number of aromatic nitrogens is 1. The summed E-state index contributed by atoms with van der Waals surface area (Å²) in [5, 5.41) is 3.20. The summed E-state index contributed by atoms with van der Waals surface area (Å²) in [5.41, 5.74) is 1.15. The summed E-state index contributed by atoms with van der Waals surface area (Å²) in [6, 6.07) is 5.71. The zero-order chi connectivity index (χ0) is 19.3. The molecule has 150 valence electrons. The molecular formula is C20H25FN4O2S. The van der Waals surface area contributed by atoms with Crippen LogP contribution in [-0.4, -0.2) is 66.6 Å². The van der Waals surface area contributed by atoms with Crippen molar-refractivity contribution >= 4 is 22.4 Å². The van der Waals surface area contributed by atoms with Crippen LogP contribution in [0.5, 0.6) is 5.75 Å². The summed E-state index contributed by atoms with van der Waals surface area (Å²) in [7, 11) is 0. The molecule has 0 bridgehead atoms. The smallest absolute Gasteiger partial charge is 0.260 e. The number of hydrogen-bond donors (Lipinski definition) is 0. The van der Waals surface area contributed by atoms with Crippen LogP contribution >= 0.6 is 11.3 Å². The molecule has 2 aliphatic rings. The minimum Gasteiger partial charge on any atom is -0.484 e. The molecule has 1 amide bonds. The fourth-order valence-electron chi connectivity index (χ4n) is 3.60. The maximum atomic E-state index is 12.9. The number of halogens is 1. The molecule has 6 nitrogen and oxygen atoms in total. The van der Waals surface area contributed by atoms with Gasteiger partial charge in [0.25, 0.3) is 5.91 Å². The monoisotopic (exact) mass is 404 g/mol. The summed E-state index contributed by atoms with van der Waals surface area (Å²) in [5.74, 6) is 0.139. The number of hydrogen-bond acceptors (Lipinski definition) is 6. The number of carbonyl (C=O) groups excluding carboxylic acids is 1. The van der Waals surface area contributed by atoms with E-state index in [-0.39, 0.29) is 18.3 Å². The number of rotatable bonds is 6. The molecule has 0 atom stereocenters. The SMILES string of the molecule is O=C(COc1ccc(F)cc1)N1CCN(c2nc(CN3CCCC3)cs2)CC1. The van der Waals surface area contributed by atoms with Crippen molar-refractivity contribution in [1.82, 2.24) is 14.8 Å². The second-order valence-corrected chi connectivity index (χ2v) is 8.05. The van der Waals surface area contributed by atoms with E-state index in [9.17, 15) is 9.18 Å². The van der Waals surface area contributed by atoms with Gasteiger partial charge in [-0.2, -0.15) is 0 Å². The van der Waals surface area contributed by atoms with Gasteiger partial charge in [0.2, 0.25) is 0 Å². The average molecular weight is 405 g/mol. The van der Waals surface area contributed by atoms with Crippen LogP contribution < -0.4 is 9.64 Å². The van der Waals surface area contributed by atoms with Gasteiger partial charge in [0, 0.05) is 38.1 Å². The first-order valence-corrected chi connectivity index (χ1v) is 10.6. The zero-order valence-electron chi connectivity index (χ0n) is 15.8. The van der Waals surface area contributed by atoms with E-state index < -0.39 is 0 Å². The molecule has 0 radical (unpaired) electrons. The van der Waals surface area contributed by atoms with Crippen LogP contribution in [-0.2, 0) is 11.3 Å². The molecule has 3 heterocycles. The lowest BCUT2D eigenvalue weighted by Gasteiger charge is -2.34. The number of benzene rings is 1. The topological polar surface area (TPSA) is 48.9 Å². The van der Waals surface area contributed by atoms with Crippen molar-refractivity contribution in [2.45, 2.75) is 19.4 Å². The van der Waals surface area contributed by atoms with Crippen molar-refractivity contribution in [1.29, 1.82) is 0 Å². The number of likely N-dealkylation sites (tertiary alicyclic amines) is 1. The highest BCUT2D eigenvalue weighted by molar-refractivity contribution is 7.13.